The molecule has 0 atom stereocenters. The fourth-order valence-corrected chi connectivity index (χ4v) is 2.03. The zero-order valence-corrected chi connectivity index (χ0v) is 10.7. The summed E-state index contributed by atoms with van der Waals surface area (Å²) in [4.78, 5) is 11.1. The predicted octanol–water partition coefficient (Wildman–Crippen LogP) is 1.79. The summed E-state index contributed by atoms with van der Waals surface area (Å²) in [5.41, 5.74) is 0. The first kappa shape index (κ1) is 14.6. The summed E-state index contributed by atoms with van der Waals surface area (Å²) in [7, 11) is 0. The molecule has 20 heavy (non-hydrogen) atoms. The van der Waals surface area contributed by atoms with Crippen molar-refractivity contribution in [3.63, 3.8) is 0 Å². The molecule has 2 rings (SSSR count). The minimum atomic E-state index is -4.52. The lowest BCUT2D eigenvalue weighted by atomic mass is 10.2. The van der Waals surface area contributed by atoms with E-state index in [4.69, 9.17) is 0 Å². The molecule has 2 heterocycles. The quantitative estimate of drug-likeness (QED) is 0.922. The molecule has 1 aliphatic heterocycles. The van der Waals surface area contributed by atoms with Crippen molar-refractivity contribution in [3.05, 3.63) is 11.6 Å². The van der Waals surface area contributed by atoms with Crippen molar-refractivity contribution in [2.45, 2.75) is 44.9 Å². The van der Waals surface area contributed by atoms with Crippen LogP contribution in [0.5, 0.6) is 0 Å². The number of halogens is 3. The summed E-state index contributed by atoms with van der Waals surface area (Å²) in [6.07, 6.45) is -1.68. The Morgan fingerprint density at radius 3 is 2.85 bits per heavy atom. The second-order valence-electron chi connectivity index (χ2n) is 4.54. The first-order chi connectivity index (χ1) is 9.46. The minimum absolute atomic E-state index is 0.00366. The lowest BCUT2D eigenvalue weighted by molar-refractivity contribution is -0.160. The van der Waals surface area contributed by atoms with Crippen molar-refractivity contribution < 1.29 is 22.7 Å². The molecule has 0 saturated carbocycles. The Bertz CT molecular complexity index is 473. The van der Waals surface area contributed by atoms with Crippen LogP contribution < -0.4 is 5.32 Å². The van der Waals surface area contributed by atoms with Gasteiger partial charge in [-0.15, -0.1) is 10.2 Å². The van der Waals surface area contributed by atoms with Crippen molar-refractivity contribution in [1.29, 1.82) is 0 Å². The van der Waals surface area contributed by atoms with E-state index in [-0.39, 0.29) is 6.54 Å². The number of rotatable bonds is 3. The van der Waals surface area contributed by atoms with E-state index in [1.807, 2.05) is 4.57 Å². The third-order valence-electron chi connectivity index (χ3n) is 2.94. The molecule has 0 spiro atoms. The van der Waals surface area contributed by atoms with Gasteiger partial charge in [0, 0.05) is 13.0 Å². The van der Waals surface area contributed by atoms with Crippen LogP contribution in [0.15, 0.2) is 0 Å². The number of aromatic nitrogens is 3. The molecule has 0 saturated heterocycles. The van der Waals surface area contributed by atoms with E-state index in [0.29, 0.717) is 5.82 Å². The zero-order chi connectivity index (χ0) is 14.6. The summed E-state index contributed by atoms with van der Waals surface area (Å²) >= 11 is 0. The fraction of sp³-hybridized carbons (Fsp3) is 0.727. The number of amides is 1. The molecule has 0 unspecified atom stereocenters. The maximum Gasteiger partial charge on any atom is 0.422 e. The van der Waals surface area contributed by atoms with Gasteiger partial charge in [0.05, 0.1) is 6.54 Å². The molecule has 0 fully saturated rings. The monoisotopic (exact) mass is 292 g/mol. The van der Waals surface area contributed by atoms with E-state index in [0.717, 1.165) is 38.1 Å². The molecule has 6 nitrogen and oxygen atoms in total. The number of carbonyl (C=O) groups excluding carboxylic acids is 1. The highest BCUT2D eigenvalue weighted by Gasteiger charge is 2.29. The van der Waals surface area contributed by atoms with Gasteiger partial charge in [-0.05, 0) is 12.8 Å². The Labute approximate surface area is 113 Å². The molecule has 1 N–H and O–H groups in total. The molecular formula is C11H15F3N4O2. The van der Waals surface area contributed by atoms with Crippen LogP contribution in [-0.2, 0) is 24.2 Å². The van der Waals surface area contributed by atoms with E-state index < -0.39 is 18.9 Å². The third kappa shape index (κ3) is 4.10. The van der Waals surface area contributed by atoms with E-state index in [9.17, 15) is 18.0 Å². The molecule has 112 valence electrons. The van der Waals surface area contributed by atoms with Gasteiger partial charge in [-0.25, -0.2) is 4.79 Å². The lowest BCUT2D eigenvalue weighted by Gasteiger charge is -2.10. The molecule has 1 aliphatic rings. The number of hydrogen-bond donors (Lipinski definition) is 1. The van der Waals surface area contributed by atoms with Gasteiger partial charge in [0.1, 0.15) is 5.82 Å². The largest absolute Gasteiger partial charge is 0.440 e. The first-order valence-electron chi connectivity index (χ1n) is 6.34. The normalized spacial score (nSPS) is 15.3. The van der Waals surface area contributed by atoms with E-state index in [1.165, 1.54) is 0 Å². The highest BCUT2D eigenvalue weighted by molar-refractivity contribution is 5.67. The van der Waals surface area contributed by atoms with Gasteiger partial charge < -0.3 is 14.6 Å². The second kappa shape index (κ2) is 6.10. The molecule has 1 aromatic heterocycles. The maximum atomic E-state index is 11.9. The minimum Gasteiger partial charge on any atom is -0.440 e. The summed E-state index contributed by atoms with van der Waals surface area (Å²) < 4.78 is 41.5. The summed E-state index contributed by atoms with van der Waals surface area (Å²) in [6, 6.07) is 0. The van der Waals surface area contributed by atoms with Crippen LogP contribution in [0.1, 0.15) is 30.9 Å². The molecule has 1 amide bonds. The van der Waals surface area contributed by atoms with Gasteiger partial charge in [0.2, 0.25) is 0 Å². The molecule has 1 aromatic rings. The van der Waals surface area contributed by atoms with E-state index in [1.54, 1.807) is 0 Å². The number of carbonyl (C=O) groups is 1. The van der Waals surface area contributed by atoms with Crippen LogP contribution in [0.2, 0.25) is 0 Å². The molecule has 0 aromatic carbocycles. The van der Waals surface area contributed by atoms with Gasteiger partial charge >= 0.3 is 12.3 Å². The number of alkyl halides is 3. The van der Waals surface area contributed by atoms with Crippen LogP contribution in [0, 0.1) is 0 Å². The molecule has 9 heteroatoms. The summed E-state index contributed by atoms with van der Waals surface area (Å²) in [5, 5.41) is 10.2. The van der Waals surface area contributed by atoms with Gasteiger partial charge in [-0.3, -0.25) is 0 Å². The van der Waals surface area contributed by atoms with Crippen LogP contribution in [0.3, 0.4) is 0 Å². The molecule has 0 bridgehead atoms. The molecular weight excluding hydrogens is 277 g/mol. The zero-order valence-electron chi connectivity index (χ0n) is 10.7. The Morgan fingerprint density at radius 2 is 2.10 bits per heavy atom. The van der Waals surface area contributed by atoms with Crippen LogP contribution in [0.4, 0.5) is 18.0 Å². The van der Waals surface area contributed by atoms with E-state index in [2.05, 4.69) is 20.3 Å². The number of fused-ring (bicyclic) bond motifs is 1. The number of nitrogens with one attached hydrogen (secondary N) is 1. The maximum absolute atomic E-state index is 11.9. The average molecular weight is 292 g/mol. The SMILES string of the molecule is O=C(NCc1nnc2n1CCCCC2)OCC(F)(F)F. The van der Waals surface area contributed by atoms with Gasteiger partial charge in [-0.2, -0.15) is 13.2 Å². The summed E-state index contributed by atoms with van der Waals surface area (Å²) in [6.45, 7) is -0.836. The van der Waals surface area contributed by atoms with Gasteiger partial charge in [-0.1, -0.05) is 6.42 Å². The van der Waals surface area contributed by atoms with Crippen LogP contribution in [0.25, 0.3) is 0 Å². The Morgan fingerprint density at radius 1 is 1.30 bits per heavy atom. The van der Waals surface area contributed by atoms with Gasteiger partial charge in [0.25, 0.3) is 0 Å². The van der Waals surface area contributed by atoms with Crippen molar-refractivity contribution >= 4 is 6.09 Å². The highest BCUT2D eigenvalue weighted by atomic mass is 19.4. The highest BCUT2D eigenvalue weighted by Crippen LogP contribution is 2.15. The van der Waals surface area contributed by atoms with Crippen molar-refractivity contribution in [3.8, 4) is 0 Å². The number of hydrogen-bond acceptors (Lipinski definition) is 4. The standard InChI is InChI=1S/C11H15F3N4O2/c12-11(13,14)7-20-10(19)15-6-9-17-16-8-4-2-1-3-5-18(8)9/h1-7H2,(H,15,19). The number of ether oxygens (including phenoxy) is 1. The van der Waals surface area contributed by atoms with Crippen molar-refractivity contribution in [1.82, 2.24) is 20.1 Å². The fourth-order valence-electron chi connectivity index (χ4n) is 2.03. The number of nitrogens with zero attached hydrogens (tertiary/aromatic N) is 3. The molecule has 0 aliphatic carbocycles. The molecule has 0 radical (unpaired) electrons. The van der Waals surface area contributed by atoms with E-state index >= 15 is 0 Å². The third-order valence-corrected chi connectivity index (χ3v) is 2.94. The van der Waals surface area contributed by atoms with Crippen LogP contribution >= 0.6 is 0 Å². The predicted molar refractivity (Wildman–Crippen MR) is 61.8 cm³/mol. The second-order valence-corrected chi connectivity index (χ2v) is 4.54. The Kier molecular flexibility index (Phi) is 4.46. The Balaban J connectivity index is 1.85. The van der Waals surface area contributed by atoms with Crippen molar-refractivity contribution in [2.75, 3.05) is 6.61 Å². The topological polar surface area (TPSA) is 69.0 Å². The van der Waals surface area contributed by atoms with Gasteiger partial charge in [0.15, 0.2) is 12.4 Å². The first-order valence-corrected chi connectivity index (χ1v) is 6.34. The van der Waals surface area contributed by atoms with Crippen LogP contribution in [-0.4, -0.2) is 33.6 Å². The smallest absolute Gasteiger partial charge is 0.422 e. The lowest BCUT2D eigenvalue weighted by Crippen LogP contribution is -2.29. The van der Waals surface area contributed by atoms with Crippen molar-refractivity contribution in [2.24, 2.45) is 0 Å². The average Bonchev–Trinajstić information content (AvgIpc) is 2.61. The Hall–Kier alpha value is -1.80. The summed E-state index contributed by atoms with van der Waals surface area (Å²) in [5.74, 6) is 1.38. The number of aryl methyl sites for hydroxylation is 1. The number of alkyl carbamates (subject to hydrolysis) is 1.